The van der Waals surface area contributed by atoms with Crippen molar-refractivity contribution >= 4 is 5.97 Å². The molecule has 0 radical (unpaired) electrons. The van der Waals surface area contributed by atoms with Gasteiger partial charge in [0, 0.05) is 19.6 Å². The lowest BCUT2D eigenvalue weighted by atomic mass is 10.1. The fraction of sp³-hybridized carbons (Fsp3) is 0.462. The second kappa shape index (κ2) is 5.48. The van der Waals surface area contributed by atoms with Gasteiger partial charge in [0.05, 0.1) is 24.9 Å². The summed E-state index contributed by atoms with van der Waals surface area (Å²) in [5, 5.41) is 18.9. The molecule has 0 bridgehead atoms. The Hall–Kier alpha value is -1.43. The normalized spacial score (nSPS) is 24.2. The number of hydrogen-bond donors (Lipinski definition) is 2. The van der Waals surface area contributed by atoms with E-state index >= 15 is 0 Å². The van der Waals surface area contributed by atoms with Crippen LogP contribution in [0.5, 0.6) is 0 Å². The van der Waals surface area contributed by atoms with Gasteiger partial charge >= 0.3 is 5.97 Å². The molecule has 0 amide bonds. The molecule has 5 heteroatoms. The molecule has 1 aliphatic rings. The maximum atomic E-state index is 11.3. The summed E-state index contributed by atoms with van der Waals surface area (Å²) in [6.45, 7) is 1.59. The van der Waals surface area contributed by atoms with Crippen molar-refractivity contribution in [1.29, 1.82) is 0 Å². The Morgan fingerprint density at radius 1 is 1.28 bits per heavy atom. The second-order valence-corrected chi connectivity index (χ2v) is 4.52. The monoisotopic (exact) mass is 251 g/mol. The van der Waals surface area contributed by atoms with Crippen LogP contribution in [0.4, 0.5) is 0 Å². The zero-order valence-corrected chi connectivity index (χ0v) is 10.2. The van der Waals surface area contributed by atoms with Gasteiger partial charge in [-0.15, -0.1) is 0 Å². The van der Waals surface area contributed by atoms with Gasteiger partial charge in [0.1, 0.15) is 0 Å². The van der Waals surface area contributed by atoms with E-state index in [1.807, 2.05) is 17.0 Å². The van der Waals surface area contributed by atoms with Gasteiger partial charge in [0.15, 0.2) is 0 Å². The lowest BCUT2D eigenvalue weighted by molar-refractivity contribution is 0.0572. The number of aliphatic hydroxyl groups excluding tert-OH is 2. The van der Waals surface area contributed by atoms with Crippen molar-refractivity contribution in [3.05, 3.63) is 35.4 Å². The molecule has 0 aromatic heterocycles. The fourth-order valence-electron chi connectivity index (χ4n) is 2.10. The van der Waals surface area contributed by atoms with Crippen LogP contribution in [0.25, 0.3) is 0 Å². The molecule has 1 heterocycles. The first kappa shape index (κ1) is 13.0. The van der Waals surface area contributed by atoms with Crippen molar-refractivity contribution in [2.24, 2.45) is 0 Å². The number of hydrogen-bond acceptors (Lipinski definition) is 5. The number of β-amino-alcohol motifs (C(OH)–C–C–N with tert-alkyl or cyclic N) is 2. The number of carbonyl (C=O) groups is 1. The maximum Gasteiger partial charge on any atom is 0.337 e. The van der Waals surface area contributed by atoms with Crippen molar-refractivity contribution in [3.8, 4) is 0 Å². The first-order valence-electron chi connectivity index (χ1n) is 5.86. The molecule has 5 nitrogen and oxygen atoms in total. The highest BCUT2D eigenvalue weighted by Gasteiger charge is 2.29. The minimum Gasteiger partial charge on any atom is -0.465 e. The summed E-state index contributed by atoms with van der Waals surface area (Å²) in [6.07, 6.45) is -1.33. The minimum atomic E-state index is -0.667. The molecule has 18 heavy (non-hydrogen) atoms. The van der Waals surface area contributed by atoms with Crippen LogP contribution in [0.2, 0.25) is 0 Å². The van der Waals surface area contributed by atoms with Crippen LogP contribution in [-0.4, -0.2) is 53.5 Å². The molecule has 0 saturated carbocycles. The maximum absolute atomic E-state index is 11.3. The van der Waals surface area contributed by atoms with Gasteiger partial charge in [-0.1, -0.05) is 12.1 Å². The highest BCUT2D eigenvalue weighted by atomic mass is 16.5. The lowest BCUT2D eigenvalue weighted by Gasteiger charge is -2.14. The number of aliphatic hydroxyl groups is 2. The fourth-order valence-corrected chi connectivity index (χ4v) is 2.10. The lowest BCUT2D eigenvalue weighted by Crippen LogP contribution is -2.22. The van der Waals surface area contributed by atoms with Gasteiger partial charge in [-0.05, 0) is 17.7 Å². The molecular weight excluding hydrogens is 234 g/mol. The number of esters is 1. The number of carbonyl (C=O) groups excluding carboxylic acids is 1. The van der Waals surface area contributed by atoms with Gasteiger partial charge in [-0.2, -0.15) is 0 Å². The van der Waals surface area contributed by atoms with Crippen LogP contribution < -0.4 is 0 Å². The third kappa shape index (κ3) is 2.87. The summed E-state index contributed by atoms with van der Waals surface area (Å²) in [5.41, 5.74) is 1.55. The average molecular weight is 251 g/mol. The summed E-state index contributed by atoms with van der Waals surface area (Å²) in [5.74, 6) is -0.353. The Morgan fingerprint density at radius 3 is 2.33 bits per heavy atom. The van der Waals surface area contributed by atoms with Crippen molar-refractivity contribution in [2.45, 2.75) is 18.8 Å². The number of methoxy groups -OCH3 is 1. The predicted octanol–water partition coefficient (Wildman–Crippen LogP) is 0.0106. The molecule has 2 N–H and O–H groups in total. The Labute approximate surface area is 106 Å². The summed E-state index contributed by atoms with van der Waals surface area (Å²) >= 11 is 0. The Bertz CT molecular complexity index is 408. The first-order valence-corrected chi connectivity index (χ1v) is 5.86. The number of nitrogens with zero attached hydrogens (tertiary/aromatic N) is 1. The molecule has 1 saturated heterocycles. The van der Waals surface area contributed by atoms with Crippen molar-refractivity contribution in [2.75, 3.05) is 20.2 Å². The molecule has 2 atom stereocenters. The SMILES string of the molecule is COC(=O)c1ccc(CN2CC(O)C(O)C2)cc1. The highest BCUT2D eigenvalue weighted by Crippen LogP contribution is 2.14. The standard InChI is InChI=1S/C13H17NO4/c1-18-13(17)10-4-2-9(3-5-10)6-14-7-11(15)12(16)8-14/h2-5,11-12,15-16H,6-8H2,1H3. The van der Waals surface area contributed by atoms with Crippen LogP contribution in [0, 0.1) is 0 Å². The van der Waals surface area contributed by atoms with E-state index < -0.39 is 12.2 Å². The predicted molar refractivity (Wildman–Crippen MR) is 65.1 cm³/mol. The van der Waals surface area contributed by atoms with Gasteiger partial charge < -0.3 is 14.9 Å². The quantitative estimate of drug-likeness (QED) is 0.741. The van der Waals surface area contributed by atoms with Crippen molar-refractivity contribution in [3.63, 3.8) is 0 Å². The van der Waals surface area contributed by atoms with Crippen molar-refractivity contribution in [1.82, 2.24) is 4.90 Å². The summed E-state index contributed by atoms with van der Waals surface area (Å²) in [7, 11) is 1.35. The van der Waals surface area contributed by atoms with E-state index in [1.54, 1.807) is 12.1 Å². The van der Waals surface area contributed by atoms with Crippen LogP contribution >= 0.6 is 0 Å². The summed E-state index contributed by atoms with van der Waals surface area (Å²) in [6, 6.07) is 7.13. The van der Waals surface area contributed by atoms with Crippen molar-refractivity contribution < 1.29 is 19.7 Å². The smallest absolute Gasteiger partial charge is 0.337 e. The molecule has 0 spiro atoms. The largest absolute Gasteiger partial charge is 0.465 e. The van der Waals surface area contributed by atoms with E-state index in [4.69, 9.17) is 0 Å². The van der Waals surface area contributed by atoms with E-state index in [2.05, 4.69) is 4.74 Å². The number of rotatable bonds is 3. The average Bonchev–Trinajstić information content (AvgIpc) is 2.68. The van der Waals surface area contributed by atoms with E-state index in [1.165, 1.54) is 7.11 Å². The van der Waals surface area contributed by atoms with Crippen LogP contribution in [0.1, 0.15) is 15.9 Å². The Morgan fingerprint density at radius 2 is 1.83 bits per heavy atom. The van der Waals surface area contributed by atoms with Gasteiger partial charge in [-0.3, -0.25) is 4.90 Å². The Kier molecular flexibility index (Phi) is 3.96. The zero-order valence-electron chi connectivity index (χ0n) is 10.2. The van der Waals surface area contributed by atoms with E-state index in [-0.39, 0.29) is 5.97 Å². The topological polar surface area (TPSA) is 70.0 Å². The third-order valence-corrected chi connectivity index (χ3v) is 3.12. The molecule has 0 aliphatic carbocycles. The summed E-state index contributed by atoms with van der Waals surface area (Å²) < 4.78 is 4.62. The highest BCUT2D eigenvalue weighted by molar-refractivity contribution is 5.89. The van der Waals surface area contributed by atoms with E-state index in [0.29, 0.717) is 25.2 Å². The number of benzene rings is 1. The molecule has 1 aliphatic heterocycles. The minimum absolute atomic E-state index is 0.353. The van der Waals surface area contributed by atoms with E-state index in [0.717, 1.165) is 5.56 Å². The number of ether oxygens (including phenoxy) is 1. The van der Waals surface area contributed by atoms with Gasteiger partial charge in [0.2, 0.25) is 0 Å². The first-order chi connectivity index (χ1) is 8.60. The molecule has 1 aromatic rings. The van der Waals surface area contributed by atoms with Gasteiger partial charge in [-0.25, -0.2) is 4.79 Å². The molecule has 1 aromatic carbocycles. The van der Waals surface area contributed by atoms with E-state index in [9.17, 15) is 15.0 Å². The van der Waals surface area contributed by atoms with Crippen LogP contribution in [0.15, 0.2) is 24.3 Å². The van der Waals surface area contributed by atoms with Crippen LogP contribution in [0.3, 0.4) is 0 Å². The van der Waals surface area contributed by atoms with Crippen LogP contribution in [-0.2, 0) is 11.3 Å². The Balaban J connectivity index is 1.97. The zero-order chi connectivity index (χ0) is 13.1. The number of likely N-dealkylation sites (tertiary alicyclic amines) is 1. The molecule has 2 rings (SSSR count). The molecular formula is C13H17NO4. The molecule has 2 unspecified atom stereocenters. The third-order valence-electron chi connectivity index (χ3n) is 3.12. The molecule has 98 valence electrons. The summed E-state index contributed by atoms with van der Waals surface area (Å²) in [4.78, 5) is 13.2. The second-order valence-electron chi connectivity index (χ2n) is 4.52. The molecule has 1 fully saturated rings. The van der Waals surface area contributed by atoms with Gasteiger partial charge in [0.25, 0.3) is 0 Å².